The van der Waals surface area contributed by atoms with Crippen LogP contribution in [0, 0.1) is 18.8 Å². The van der Waals surface area contributed by atoms with Crippen LogP contribution < -0.4 is 5.32 Å². The molecular formula is C16H16N2O2S. The van der Waals surface area contributed by atoms with Crippen molar-refractivity contribution in [2.45, 2.75) is 19.9 Å². The lowest BCUT2D eigenvalue weighted by Crippen LogP contribution is -2.23. The van der Waals surface area contributed by atoms with E-state index >= 15 is 0 Å². The van der Waals surface area contributed by atoms with Gasteiger partial charge in [0.1, 0.15) is 0 Å². The number of carbonyl (C=O) groups is 1. The Hall–Kier alpha value is -2.16. The number of nitrogens with one attached hydrogen (secondary N) is 1. The zero-order chi connectivity index (χ0) is 15.1. The molecule has 0 spiro atoms. The molecule has 4 nitrogen and oxygen atoms in total. The summed E-state index contributed by atoms with van der Waals surface area (Å²) in [5.74, 6) is 5.60. The molecule has 2 aromatic rings. The maximum Gasteiger partial charge on any atom is 0.252 e. The zero-order valence-corrected chi connectivity index (χ0v) is 12.5. The molecule has 1 amide bonds. The molecule has 108 valence electrons. The minimum absolute atomic E-state index is 0.0199. The Bertz CT molecular complexity index is 683. The molecule has 1 aromatic carbocycles. The number of benzene rings is 1. The van der Waals surface area contributed by atoms with E-state index in [2.05, 4.69) is 22.1 Å². The summed E-state index contributed by atoms with van der Waals surface area (Å²) in [7, 11) is 0. The summed E-state index contributed by atoms with van der Waals surface area (Å²) in [6.45, 7) is 2.41. The summed E-state index contributed by atoms with van der Waals surface area (Å²) in [5, 5.41) is 12.6. The smallest absolute Gasteiger partial charge is 0.252 e. The van der Waals surface area contributed by atoms with Crippen LogP contribution in [0.2, 0.25) is 0 Å². The van der Waals surface area contributed by atoms with E-state index in [4.69, 9.17) is 5.11 Å². The highest BCUT2D eigenvalue weighted by molar-refractivity contribution is 7.11. The van der Waals surface area contributed by atoms with E-state index < -0.39 is 0 Å². The summed E-state index contributed by atoms with van der Waals surface area (Å²) in [4.78, 5) is 17.4. The SMILES string of the molecule is Cc1ncc(CNC(=O)c2ccccc2C#CCCO)s1. The first-order valence-electron chi connectivity index (χ1n) is 6.59. The van der Waals surface area contributed by atoms with Crippen molar-refractivity contribution in [2.24, 2.45) is 0 Å². The van der Waals surface area contributed by atoms with Gasteiger partial charge in [0.05, 0.1) is 23.7 Å². The lowest BCUT2D eigenvalue weighted by atomic mass is 10.1. The number of aliphatic hydroxyl groups excluding tert-OH is 1. The summed E-state index contributed by atoms with van der Waals surface area (Å²) < 4.78 is 0. The van der Waals surface area contributed by atoms with E-state index in [1.165, 1.54) is 0 Å². The first kappa shape index (κ1) is 15.2. The number of aryl methyl sites for hydroxylation is 1. The van der Waals surface area contributed by atoms with Crippen LogP contribution in [-0.2, 0) is 6.54 Å². The number of hydrogen-bond donors (Lipinski definition) is 2. The molecular weight excluding hydrogens is 284 g/mol. The van der Waals surface area contributed by atoms with Gasteiger partial charge in [-0.15, -0.1) is 11.3 Å². The quantitative estimate of drug-likeness (QED) is 0.850. The Kier molecular flexibility index (Phi) is 5.50. The second kappa shape index (κ2) is 7.58. The molecule has 0 radical (unpaired) electrons. The molecule has 0 saturated heterocycles. The third-order valence-electron chi connectivity index (χ3n) is 2.72. The maximum atomic E-state index is 12.2. The summed E-state index contributed by atoms with van der Waals surface area (Å²) in [6.07, 6.45) is 2.17. The van der Waals surface area contributed by atoms with Crippen molar-refractivity contribution in [3.63, 3.8) is 0 Å². The fourth-order valence-corrected chi connectivity index (χ4v) is 2.49. The number of aromatic nitrogens is 1. The maximum absolute atomic E-state index is 12.2. The molecule has 0 unspecified atom stereocenters. The number of rotatable bonds is 4. The first-order valence-corrected chi connectivity index (χ1v) is 7.40. The van der Waals surface area contributed by atoms with Crippen molar-refractivity contribution in [1.29, 1.82) is 0 Å². The first-order chi connectivity index (χ1) is 10.2. The van der Waals surface area contributed by atoms with Gasteiger partial charge in [-0.3, -0.25) is 4.79 Å². The fourth-order valence-electron chi connectivity index (χ4n) is 1.75. The van der Waals surface area contributed by atoms with E-state index in [0.717, 1.165) is 9.88 Å². The summed E-state index contributed by atoms with van der Waals surface area (Å²) in [5.41, 5.74) is 1.22. The van der Waals surface area contributed by atoms with Gasteiger partial charge in [-0.25, -0.2) is 4.98 Å². The Morgan fingerprint density at radius 2 is 2.24 bits per heavy atom. The molecule has 0 atom stereocenters. The van der Waals surface area contributed by atoms with Crippen LogP contribution >= 0.6 is 11.3 Å². The van der Waals surface area contributed by atoms with Crippen LogP contribution in [0.3, 0.4) is 0 Å². The molecule has 0 fully saturated rings. The van der Waals surface area contributed by atoms with Crippen LogP contribution in [0.25, 0.3) is 0 Å². The number of hydrogen-bond acceptors (Lipinski definition) is 4. The van der Waals surface area contributed by atoms with Gasteiger partial charge < -0.3 is 10.4 Å². The van der Waals surface area contributed by atoms with Crippen molar-refractivity contribution in [2.75, 3.05) is 6.61 Å². The van der Waals surface area contributed by atoms with Gasteiger partial charge in [0.15, 0.2) is 0 Å². The Morgan fingerprint density at radius 1 is 1.43 bits per heavy atom. The Labute approximate surface area is 127 Å². The molecule has 1 aromatic heterocycles. The van der Waals surface area contributed by atoms with E-state index in [1.54, 1.807) is 29.7 Å². The molecule has 1 heterocycles. The van der Waals surface area contributed by atoms with E-state index in [0.29, 0.717) is 24.1 Å². The lowest BCUT2D eigenvalue weighted by molar-refractivity contribution is 0.0951. The third-order valence-corrected chi connectivity index (χ3v) is 3.64. The Morgan fingerprint density at radius 3 is 2.95 bits per heavy atom. The van der Waals surface area contributed by atoms with Crippen molar-refractivity contribution in [3.8, 4) is 11.8 Å². The second-order valence-electron chi connectivity index (χ2n) is 4.35. The number of nitrogens with zero attached hydrogens (tertiary/aromatic N) is 1. The molecule has 2 N–H and O–H groups in total. The third kappa shape index (κ3) is 4.42. The average molecular weight is 300 g/mol. The highest BCUT2D eigenvalue weighted by Crippen LogP contribution is 2.12. The molecule has 0 saturated carbocycles. The minimum Gasteiger partial charge on any atom is -0.395 e. The monoisotopic (exact) mass is 300 g/mol. The van der Waals surface area contributed by atoms with Gasteiger partial charge in [-0.05, 0) is 19.1 Å². The molecule has 5 heteroatoms. The average Bonchev–Trinajstić information content (AvgIpc) is 2.91. The molecule has 2 rings (SSSR count). The van der Waals surface area contributed by atoms with Gasteiger partial charge in [0.2, 0.25) is 0 Å². The van der Waals surface area contributed by atoms with E-state index in [-0.39, 0.29) is 12.5 Å². The van der Waals surface area contributed by atoms with Gasteiger partial charge in [-0.1, -0.05) is 24.0 Å². The van der Waals surface area contributed by atoms with Crippen LogP contribution in [-0.4, -0.2) is 22.6 Å². The summed E-state index contributed by atoms with van der Waals surface area (Å²) in [6, 6.07) is 7.20. The minimum atomic E-state index is -0.157. The predicted molar refractivity (Wildman–Crippen MR) is 83.0 cm³/mol. The van der Waals surface area contributed by atoms with Gasteiger partial charge in [0, 0.05) is 23.1 Å². The van der Waals surface area contributed by atoms with Crippen LogP contribution in [0.4, 0.5) is 0 Å². The highest BCUT2D eigenvalue weighted by atomic mass is 32.1. The van der Waals surface area contributed by atoms with E-state index in [1.807, 2.05) is 19.1 Å². The normalized spacial score (nSPS) is 9.81. The predicted octanol–water partition coefficient (Wildman–Crippen LogP) is 2.12. The summed E-state index contributed by atoms with van der Waals surface area (Å²) >= 11 is 1.56. The highest BCUT2D eigenvalue weighted by Gasteiger charge is 2.09. The molecule has 0 aliphatic carbocycles. The van der Waals surface area contributed by atoms with Crippen LogP contribution in [0.5, 0.6) is 0 Å². The number of thiazole rings is 1. The van der Waals surface area contributed by atoms with Crippen molar-refractivity contribution >= 4 is 17.2 Å². The standard InChI is InChI=1S/C16H16N2O2S/c1-12-17-10-14(21-12)11-18-16(20)15-8-3-2-6-13(15)7-4-5-9-19/h2-3,6,8,10,19H,5,9,11H2,1H3,(H,18,20). The molecule has 0 aliphatic rings. The zero-order valence-electron chi connectivity index (χ0n) is 11.7. The second-order valence-corrected chi connectivity index (χ2v) is 5.67. The lowest BCUT2D eigenvalue weighted by Gasteiger charge is -2.05. The van der Waals surface area contributed by atoms with Gasteiger partial charge in [-0.2, -0.15) is 0 Å². The van der Waals surface area contributed by atoms with Crippen LogP contribution in [0.1, 0.15) is 32.2 Å². The largest absolute Gasteiger partial charge is 0.395 e. The number of aliphatic hydroxyl groups is 1. The van der Waals surface area contributed by atoms with Gasteiger partial charge in [0.25, 0.3) is 5.91 Å². The molecule has 21 heavy (non-hydrogen) atoms. The molecule has 0 bridgehead atoms. The van der Waals surface area contributed by atoms with E-state index in [9.17, 15) is 4.79 Å². The fraction of sp³-hybridized carbons (Fsp3) is 0.250. The van der Waals surface area contributed by atoms with Crippen molar-refractivity contribution in [1.82, 2.24) is 10.3 Å². The van der Waals surface area contributed by atoms with Crippen LogP contribution in [0.15, 0.2) is 30.5 Å². The topological polar surface area (TPSA) is 62.2 Å². The molecule has 0 aliphatic heterocycles. The van der Waals surface area contributed by atoms with Crippen molar-refractivity contribution < 1.29 is 9.90 Å². The number of carbonyl (C=O) groups excluding carboxylic acids is 1. The van der Waals surface area contributed by atoms with Crippen molar-refractivity contribution in [3.05, 3.63) is 51.5 Å². The number of amides is 1. The Balaban J connectivity index is 2.07. The van der Waals surface area contributed by atoms with Gasteiger partial charge >= 0.3 is 0 Å².